The molecule has 1 saturated heterocycles. The predicted molar refractivity (Wildman–Crippen MR) is 124 cm³/mol. The number of nitrogens with one attached hydrogen (secondary N) is 2. The zero-order valence-electron chi connectivity index (χ0n) is 18.4. The van der Waals surface area contributed by atoms with E-state index in [1.165, 1.54) is 0 Å². The lowest BCUT2D eigenvalue weighted by Crippen LogP contribution is -2.40. The van der Waals surface area contributed by atoms with E-state index < -0.39 is 0 Å². The van der Waals surface area contributed by atoms with Crippen LogP contribution in [0.3, 0.4) is 0 Å². The standard InChI is InChI=1S/C24H28N6O2/c1-17-5-3-12-25-23(17)29-24-26-13-11-21(28-24)18-6-4-14-30(15-18)16-22(31)27-19-7-9-20(32-2)10-8-19/h3,5,7-13,18H,4,6,14-16H2,1-2H3,(H,27,31)(H,25,26,28,29)/t18-/m0/s1. The van der Waals surface area contributed by atoms with Crippen molar-refractivity contribution in [3.05, 3.63) is 66.1 Å². The van der Waals surface area contributed by atoms with Crippen molar-refractivity contribution in [1.82, 2.24) is 19.9 Å². The summed E-state index contributed by atoms with van der Waals surface area (Å²) in [5, 5.41) is 6.17. The zero-order valence-corrected chi connectivity index (χ0v) is 18.4. The number of nitrogens with zero attached hydrogens (tertiary/aromatic N) is 4. The Labute approximate surface area is 188 Å². The van der Waals surface area contributed by atoms with Crippen molar-refractivity contribution in [3.8, 4) is 5.75 Å². The van der Waals surface area contributed by atoms with Gasteiger partial charge in [-0.3, -0.25) is 9.69 Å². The summed E-state index contributed by atoms with van der Waals surface area (Å²) in [5.41, 5.74) is 2.78. The van der Waals surface area contributed by atoms with E-state index in [4.69, 9.17) is 9.72 Å². The molecule has 1 atom stereocenters. The first kappa shape index (κ1) is 21.7. The highest BCUT2D eigenvalue weighted by atomic mass is 16.5. The van der Waals surface area contributed by atoms with Crippen LogP contribution in [0, 0.1) is 6.92 Å². The van der Waals surface area contributed by atoms with Gasteiger partial charge in [-0.2, -0.15) is 0 Å². The number of hydrogen-bond donors (Lipinski definition) is 2. The quantitative estimate of drug-likeness (QED) is 0.587. The van der Waals surface area contributed by atoms with Crippen molar-refractivity contribution in [2.24, 2.45) is 0 Å². The number of carbonyl (C=O) groups is 1. The third-order valence-corrected chi connectivity index (χ3v) is 5.58. The first-order chi connectivity index (χ1) is 15.6. The highest BCUT2D eigenvalue weighted by molar-refractivity contribution is 5.92. The van der Waals surface area contributed by atoms with E-state index in [-0.39, 0.29) is 11.8 Å². The number of aryl methyl sites for hydroxylation is 1. The maximum absolute atomic E-state index is 12.5. The number of likely N-dealkylation sites (tertiary alicyclic amines) is 1. The topological polar surface area (TPSA) is 92.3 Å². The molecule has 0 unspecified atom stereocenters. The molecule has 2 aromatic heterocycles. The van der Waals surface area contributed by atoms with Gasteiger partial charge in [-0.05, 0) is 68.3 Å². The van der Waals surface area contributed by atoms with E-state index in [0.29, 0.717) is 12.5 Å². The number of piperidine rings is 1. The molecule has 1 fully saturated rings. The van der Waals surface area contributed by atoms with Crippen molar-refractivity contribution < 1.29 is 9.53 Å². The van der Waals surface area contributed by atoms with E-state index in [2.05, 4.69) is 25.5 Å². The SMILES string of the molecule is COc1ccc(NC(=O)CN2CCC[C@H](c3ccnc(Nc4ncccc4C)n3)C2)cc1. The lowest BCUT2D eigenvalue weighted by Gasteiger charge is -2.32. The van der Waals surface area contributed by atoms with Gasteiger partial charge in [0.15, 0.2) is 0 Å². The van der Waals surface area contributed by atoms with E-state index >= 15 is 0 Å². The van der Waals surface area contributed by atoms with Crippen LogP contribution in [-0.2, 0) is 4.79 Å². The van der Waals surface area contributed by atoms with Gasteiger partial charge in [-0.15, -0.1) is 0 Å². The minimum absolute atomic E-state index is 0.0218. The molecule has 1 amide bonds. The normalized spacial score (nSPS) is 16.4. The van der Waals surface area contributed by atoms with Gasteiger partial charge in [0.05, 0.1) is 19.3 Å². The Hall–Kier alpha value is -3.52. The lowest BCUT2D eigenvalue weighted by molar-refractivity contribution is -0.117. The Morgan fingerprint density at radius 3 is 2.78 bits per heavy atom. The van der Waals surface area contributed by atoms with Crippen LogP contribution in [-0.4, -0.2) is 52.5 Å². The number of hydrogen-bond acceptors (Lipinski definition) is 7. The Morgan fingerprint density at radius 2 is 2.00 bits per heavy atom. The van der Waals surface area contributed by atoms with Gasteiger partial charge in [0.25, 0.3) is 0 Å². The van der Waals surface area contributed by atoms with Crippen molar-refractivity contribution >= 4 is 23.4 Å². The van der Waals surface area contributed by atoms with Gasteiger partial charge >= 0.3 is 0 Å². The van der Waals surface area contributed by atoms with Crippen molar-refractivity contribution in [1.29, 1.82) is 0 Å². The van der Waals surface area contributed by atoms with E-state index in [0.717, 1.165) is 54.4 Å². The molecule has 4 rings (SSSR count). The molecule has 0 aliphatic carbocycles. The number of amides is 1. The summed E-state index contributed by atoms with van der Waals surface area (Å²) in [7, 11) is 1.62. The number of aromatic nitrogens is 3. The molecule has 0 bridgehead atoms. The molecule has 3 heterocycles. The fourth-order valence-electron chi connectivity index (χ4n) is 3.90. The lowest BCUT2D eigenvalue weighted by atomic mass is 9.94. The number of benzene rings is 1. The fourth-order valence-corrected chi connectivity index (χ4v) is 3.90. The molecular formula is C24H28N6O2. The van der Waals surface area contributed by atoms with Gasteiger partial charge in [0, 0.05) is 30.5 Å². The molecule has 1 aliphatic rings. The van der Waals surface area contributed by atoms with Crippen molar-refractivity contribution in [2.75, 3.05) is 37.4 Å². The minimum atomic E-state index is -0.0218. The number of methoxy groups -OCH3 is 1. The fraction of sp³-hybridized carbons (Fsp3) is 0.333. The summed E-state index contributed by atoms with van der Waals surface area (Å²) in [6.07, 6.45) is 5.58. The Balaban J connectivity index is 1.36. The van der Waals surface area contributed by atoms with Gasteiger partial charge in [0.2, 0.25) is 11.9 Å². The average molecular weight is 433 g/mol. The number of pyridine rings is 1. The summed E-state index contributed by atoms with van der Waals surface area (Å²) in [6.45, 7) is 4.03. The zero-order chi connectivity index (χ0) is 22.3. The van der Waals surface area contributed by atoms with Gasteiger partial charge in [-0.25, -0.2) is 15.0 Å². The molecule has 2 N–H and O–H groups in total. The highest BCUT2D eigenvalue weighted by Gasteiger charge is 2.24. The molecule has 0 saturated carbocycles. The van der Waals surface area contributed by atoms with Crippen LogP contribution in [0.25, 0.3) is 0 Å². The molecule has 0 radical (unpaired) electrons. The Bertz CT molecular complexity index is 1060. The molecule has 3 aromatic rings. The third kappa shape index (κ3) is 5.59. The van der Waals surface area contributed by atoms with Crippen LogP contribution >= 0.6 is 0 Å². The van der Waals surface area contributed by atoms with Crippen molar-refractivity contribution in [3.63, 3.8) is 0 Å². The molecule has 8 nitrogen and oxygen atoms in total. The van der Waals surface area contributed by atoms with Crippen LogP contribution in [0.15, 0.2) is 54.9 Å². The summed E-state index contributed by atoms with van der Waals surface area (Å²) in [5.74, 6) is 2.29. The summed E-state index contributed by atoms with van der Waals surface area (Å²) in [6, 6.07) is 13.2. The largest absolute Gasteiger partial charge is 0.497 e. The number of anilines is 3. The van der Waals surface area contributed by atoms with Crippen LogP contribution in [0.4, 0.5) is 17.5 Å². The van der Waals surface area contributed by atoms with Crippen LogP contribution in [0.1, 0.15) is 30.0 Å². The second kappa shape index (κ2) is 10.2. The molecule has 166 valence electrons. The van der Waals surface area contributed by atoms with Crippen LogP contribution in [0.2, 0.25) is 0 Å². The molecule has 32 heavy (non-hydrogen) atoms. The molecule has 0 spiro atoms. The second-order valence-electron chi connectivity index (χ2n) is 7.95. The molecule has 1 aromatic carbocycles. The predicted octanol–water partition coefficient (Wildman–Crippen LogP) is 3.75. The maximum atomic E-state index is 12.5. The second-order valence-corrected chi connectivity index (χ2v) is 7.95. The maximum Gasteiger partial charge on any atom is 0.238 e. The van der Waals surface area contributed by atoms with Crippen LogP contribution < -0.4 is 15.4 Å². The molecular weight excluding hydrogens is 404 g/mol. The van der Waals surface area contributed by atoms with Gasteiger partial charge in [-0.1, -0.05) is 6.07 Å². The third-order valence-electron chi connectivity index (χ3n) is 5.58. The summed E-state index contributed by atoms with van der Waals surface area (Å²) >= 11 is 0. The molecule has 8 heteroatoms. The number of rotatable bonds is 7. The number of ether oxygens (including phenoxy) is 1. The Kier molecular flexibility index (Phi) is 6.91. The van der Waals surface area contributed by atoms with Crippen molar-refractivity contribution in [2.45, 2.75) is 25.7 Å². The minimum Gasteiger partial charge on any atom is -0.497 e. The first-order valence-corrected chi connectivity index (χ1v) is 10.8. The van der Waals surface area contributed by atoms with E-state index in [1.807, 2.05) is 49.4 Å². The van der Waals surface area contributed by atoms with E-state index in [1.54, 1.807) is 19.5 Å². The van der Waals surface area contributed by atoms with Gasteiger partial charge in [0.1, 0.15) is 11.6 Å². The smallest absolute Gasteiger partial charge is 0.238 e. The number of carbonyl (C=O) groups excluding carboxylic acids is 1. The highest BCUT2D eigenvalue weighted by Crippen LogP contribution is 2.26. The molecule has 1 aliphatic heterocycles. The van der Waals surface area contributed by atoms with Crippen LogP contribution in [0.5, 0.6) is 5.75 Å². The monoisotopic (exact) mass is 432 g/mol. The summed E-state index contributed by atoms with van der Waals surface area (Å²) in [4.78, 5) is 28.2. The summed E-state index contributed by atoms with van der Waals surface area (Å²) < 4.78 is 5.16. The first-order valence-electron chi connectivity index (χ1n) is 10.8. The van der Waals surface area contributed by atoms with E-state index in [9.17, 15) is 4.79 Å². The average Bonchev–Trinajstić information content (AvgIpc) is 2.81. The Morgan fingerprint density at radius 1 is 1.16 bits per heavy atom. The van der Waals surface area contributed by atoms with Gasteiger partial charge < -0.3 is 15.4 Å².